The van der Waals surface area contributed by atoms with Crippen LogP contribution in [0.2, 0.25) is 0 Å². The van der Waals surface area contributed by atoms with E-state index in [0.29, 0.717) is 5.41 Å². The van der Waals surface area contributed by atoms with Crippen LogP contribution in [-0.2, 0) is 0 Å². The second-order valence-corrected chi connectivity index (χ2v) is 7.32. The Kier molecular flexibility index (Phi) is 6.87. The van der Waals surface area contributed by atoms with Crippen molar-refractivity contribution in [1.82, 2.24) is 10.6 Å². The number of rotatable bonds is 7. The van der Waals surface area contributed by atoms with Crippen LogP contribution in [0.5, 0.6) is 0 Å². The van der Waals surface area contributed by atoms with Crippen molar-refractivity contribution in [3.05, 3.63) is 30.3 Å². The average molecular weight is 431 g/mol. The van der Waals surface area contributed by atoms with Crippen LogP contribution < -0.4 is 10.6 Å². The van der Waals surface area contributed by atoms with Crippen LogP contribution in [0.15, 0.2) is 40.2 Å². The maximum absolute atomic E-state index is 4.33. The van der Waals surface area contributed by atoms with Crippen molar-refractivity contribution in [2.24, 2.45) is 16.3 Å². The molecule has 2 aliphatic rings. The number of aliphatic imine (C=N–C) groups is 1. The number of thioether (sulfide) groups is 1. The summed E-state index contributed by atoms with van der Waals surface area (Å²) in [5.74, 6) is 3.01. The lowest BCUT2D eigenvalue weighted by Gasteiger charge is -2.18. The molecule has 1 aromatic carbocycles. The van der Waals surface area contributed by atoms with E-state index >= 15 is 0 Å². The minimum atomic E-state index is 0. The molecule has 0 radical (unpaired) electrons. The fourth-order valence-electron chi connectivity index (χ4n) is 2.92. The lowest BCUT2D eigenvalue weighted by atomic mass is 10.0. The number of guanidine groups is 1. The summed E-state index contributed by atoms with van der Waals surface area (Å²) in [6, 6.07) is 10.5. The molecule has 2 saturated carbocycles. The molecule has 5 heteroatoms. The third kappa shape index (κ3) is 5.05. The van der Waals surface area contributed by atoms with Gasteiger partial charge in [-0.3, -0.25) is 4.99 Å². The number of benzene rings is 1. The van der Waals surface area contributed by atoms with E-state index in [9.17, 15) is 0 Å². The minimum Gasteiger partial charge on any atom is -0.356 e. The van der Waals surface area contributed by atoms with Crippen molar-refractivity contribution < 1.29 is 0 Å². The molecule has 0 atom stereocenters. The molecule has 0 saturated heterocycles. The molecule has 0 unspecified atom stereocenters. The summed E-state index contributed by atoms with van der Waals surface area (Å²) in [5.41, 5.74) is 0.621. The van der Waals surface area contributed by atoms with Gasteiger partial charge in [0.1, 0.15) is 0 Å². The summed E-state index contributed by atoms with van der Waals surface area (Å²) in [5, 5.41) is 6.94. The van der Waals surface area contributed by atoms with Crippen molar-refractivity contribution in [2.45, 2.75) is 30.6 Å². The van der Waals surface area contributed by atoms with E-state index < -0.39 is 0 Å². The second kappa shape index (κ2) is 8.43. The van der Waals surface area contributed by atoms with E-state index in [4.69, 9.17) is 0 Å². The number of hydrogen-bond donors (Lipinski definition) is 2. The highest BCUT2D eigenvalue weighted by molar-refractivity contribution is 14.0. The van der Waals surface area contributed by atoms with Crippen molar-refractivity contribution >= 4 is 41.7 Å². The van der Waals surface area contributed by atoms with Gasteiger partial charge in [0, 0.05) is 30.8 Å². The lowest BCUT2D eigenvalue weighted by molar-refractivity contribution is 0.431. The van der Waals surface area contributed by atoms with E-state index in [2.05, 4.69) is 46.0 Å². The Morgan fingerprint density at radius 3 is 2.55 bits per heavy atom. The average Bonchev–Trinajstić information content (AvgIpc) is 3.39. The topological polar surface area (TPSA) is 36.4 Å². The molecule has 2 aliphatic carbocycles. The number of hydrogen-bond acceptors (Lipinski definition) is 2. The van der Waals surface area contributed by atoms with Crippen LogP contribution in [0.4, 0.5) is 0 Å². The van der Waals surface area contributed by atoms with Crippen LogP contribution in [0.1, 0.15) is 25.7 Å². The summed E-state index contributed by atoms with van der Waals surface area (Å²) < 4.78 is 0. The normalized spacial score (nSPS) is 19.2. The molecule has 0 aliphatic heterocycles. The quantitative estimate of drug-likeness (QED) is 0.227. The first-order chi connectivity index (χ1) is 10.3. The van der Waals surface area contributed by atoms with Gasteiger partial charge in [0.2, 0.25) is 0 Å². The highest BCUT2D eigenvalue weighted by atomic mass is 127. The Bertz CT molecular complexity index is 484. The van der Waals surface area contributed by atoms with Gasteiger partial charge in [-0.05, 0) is 49.1 Å². The molecule has 0 amide bonds. The zero-order valence-electron chi connectivity index (χ0n) is 13.2. The van der Waals surface area contributed by atoms with Crippen LogP contribution in [0.3, 0.4) is 0 Å². The Morgan fingerprint density at radius 1 is 1.23 bits per heavy atom. The molecule has 2 N–H and O–H groups in total. The van der Waals surface area contributed by atoms with Crippen molar-refractivity contribution in [3.63, 3.8) is 0 Å². The Labute approximate surface area is 155 Å². The fraction of sp³-hybridized carbons (Fsp3) is 0.588. The van der Waals surface area contributed by atoms with Crippen molar-refractivity contribution in [1.29, 1.82) is 0 Å². The highest BCUT2D eigenvalue weighted by Crippen LogP contribution is 2.60. The molecular formula is C17H26IN3S. The third-order valence-electron chi connectivity index (χ3n) is 4.57. The highest BCUT2D eigenvalue weighted by Gasteiger charge is 2.53. The zero-order chi connectivity index (χ0) is 14.5. The molecule has 0 spiro atoms. The van der Waals surface area contributed by atoms with E-state index in [1.165, 1.54) is 30.6 Å². The van der Waals surface area contributed by atoms with Gasteiger partial charge in [0.25, 0.3) is 0 Å². The number of nitrogens with one attached hydrogen (secondary N) is 2. The first-order valence-corrected chi connectivity index (χ1v) is 8.93. The van der Waals surface area contributed by atoms with Gasteiger partial charge in [-0.1, -0.05) is 18.2 Å². The van der Waals surface area contributed by atoms with Crippen molar-refractivity contribution in [3.8, 4) is 0 Å². The SMILES string of the molecule is CN=C(NCCSc1ccccc1)NCC1(C2CC2)CC1.I. The van der Waals surface area contributed by atoms with Crippen LogP contribution in [0, 0.1) is 11.3 Å². The van der Waals surface area contributed by atoms with Gasteiger partial charge < -0.3 is 10.6 Å². The first kappa shape index (κ1) is 17.9. The fourth-order valence-corrected chi connectivity index (χ4v) is 3.71. The van der Waals surface area contributed by atoms with Gasteiger partial charge >= 0.3 is 0 Å². The summed E-state index contributed by atoms with van der Waals surface area (Å²) >= 11 is 1.88. The van der Waals surface area contributed by atoms with E-state index in [-0.39, 0.29) is 24.0 Å². The van der Waals surface area contributed by atoms with Crippen LogP contribution >= 0.6 is 35.7 Å². The molecular weight excluding hydrogens is 405 g/mol. The van der Waals surface area contributed by atoms with Gasteiger partial charge in [0.05, 0.1) is 0 Å². The molecule has 2 fully saturated rings. The van der Waals surface area contributed by atoms with Gasteiger partial charge in [-0.15, -0.1) is 35.7 Å². The van der Waals surface area contributed by atoms with Crippen molar-refractivity contribution in [2.75, 3.05) is 25.9 Å². The minimum absolute atomic E-state index is 0. The summed E-state index contributed by atoms with van der Waals surface area (Å²) in [6.07, 6.45) is 5.71. The Balaban J connectivity index is 0.00000176. The molecule has 22 heavy (non-hydrogen) atoms. The Morgan fingerprint density at radius 2 is 1.95 bits per heavy atom. The molecule has 122 valence electrons. The monoisotopic (exact) mass is 431 g/mol. The predicted octanol–water partition coefficient (Wildman–Crippen LogP) is 3.75. The van der Waals surface area contributed by atoms with E-state index in [1.54, 1.807) is 0 Å². The number of halogens is 1. The molecule has 0 bridgehead atoms. The molecule has 3 nitrogen and oxygen atoms in total. The van der Waals surface area contributed by atoms with Gasteiger partial charge in [-0.25, -0.2) is 0 Å². The maximum Gasteiger partial charge on any atom is 0.191 e. The molecule has 0 aromatic heterocycles. The first-order valence-electron chi connectivity index (χ1n) is 7.95. The number of nitrogens with zero attached hydrogens (tertiary/aromatic N) is 1. The lowest BCUT2D eigenvalue weighted by Crippen LogP contribution is -2.41. The predicted molar refractivity (Wildman–Crippen MR) is 106 cm³/mol. The zero-order valence-corrected chi connectivity index (χ0v) is 16.3. The smallest absolute Gasteiger partial charge is 0.191 e. The van der Waals surface area contributed by atoms with E-state index in [1.807, 2.05) is 18.8 Å². The van der Waals surface area contributed by atoms with E-state index in [0.717, 1.165) is 30.7 Å². The largest absolute Gasteiger partial charge is 0.356 e. The molecule has 1 aromatic rings. The Hall–Kier alpha value is -0.430. The molecule has 3 rings (SSSR count). The van der Waals surface area contributed by atoms with Crippen LogP contribution in [0.25, 0.3) is 0 Å². The summed E-state index contributed by atoms with van der Waals surface area (Å²) in [7, 11) is 1.86. The second-order valence-electron chi connectivity index (χ2n) is 6.15. The third-order valence-corrected chi connectivity index (χ3v) is 5.59. The van der Waals surface area contributed by atoms with Crippen LogP contribution in [-0.4, -0.2) is 31.8 Å². The van der Waals surface area contributed by atoms with Gasteiger partial charge in [0.15, 0.2) is 5.96 Å². The standard InChI is InChI=1S/C17H25N3S.HI/c1-18-16(20-13-17(9-10-17)14-7-8-14)19-11-12-21-15-5-3-2-4-6-15;/h2-6,14H,7-13H2,1H3,(H2,18,19,20);1H. The summed E-state index contributed by atoms with van der Waals surface area (Å²) in [6.45, 7) is 2.04. The molecule has 0 heterocycles. The summed E-state index contributed by atoms with van der Waals surface area (Å²) in [4.78, 5) is 5.66. The van der Waals surface area contributed by atoms with Gasteiger partial charge in [-0.2, -0.15) is 0 Å². The maximum atomic E-state index is 4.33.